The van der Waals surface area contributed by atoms with Gasteiger partial charge in [0.15, 0.2) is 11.6 Å². The fraction of sp³-hybridized carbons (Fsp3) is 0.750. The maximum absolute atomic E-state index is 12.7. The van der Waals surface area contributed by atoms with Crippen LogP contribution >= 0.6 is 0 Å². The van der Waals surface area contributed by atoms with Gasteiger partial charge in [-0.25, -0.2) is 0 Å². The molecular weight excluding hydrogens is 240 g/mol. The Morgan fingerprint density at radius 1 is 1.32 bits per heavy atom. The van der Waals surface area contributed by atoms with Crippen LogP contribution in [-0.2, 0) is 14.3 Å². The summed E-state index contributed by atoms with van der Waals surface area (Å²) in [5.74, 6) is -0.0844. The van der Waals surface area contributed by atoms with Gasteiger partial charge in [0.05, 0.1) is 11.5 Å². The van der Waals surface area contributed by atoms with Crippen molar-refractivity contribution < 1.29 is 14.3 Å². The number of Topliss-reactive ketones (excluding diaryl/α,β-unsaturated/α-hetero) is 1. The largest absolute Gasteiger partial charge is 0.377 e. The predicted octanol–water partition coefficient (Wildman–Crippen LogP) is 2.93. The minimum atomic E-state index is -0.701. The Bertz CT molecular complexity index is 447. The molecule has 106 valence electrons. The first-order valence-corrected chi connectivity index (χ1v) is 7.13. The summed E-state index contributed by atoms with van der Waals surface area (Å²) in [7, 11) is 0. The highest BCUT2D eigenvalue weighted by Gasteiger charge is 2.60. The van der Waals surface area contributed by atoms with Crippen molar-refractivity contribution in [2.75, 3.05) is 6.61 Å². The van der Waals surface area contributed by atoms with Crippen LogP contribution in [0.3, 0.4) is 0 Å². The third kappa shape index (κ3) is 1.99. The van der Waals surface area contributed by atoms with Gasteiger partial charge in [0.25, 0.3) is 0 Å². The van der Waals surface area contributed by atoms with E-state index in [1.807, 2.05) is 13.8 Å². The van der Waals surface area contributed by atoms with E-state index >= 15 is 0 Å². The molecule has 0 aromatic carbocycles. The van der Waals surface area contributed by atoms with E-state index in [2.05, 4.69) is 13.8 Å². The lowest BCUT2D eigenvalue weighted by Crippen LogP contribution is -2.60. The lowest BCUT2D eigenvalue weighted by atomic mass is 9.50. The predicted molar refractivity (Wildman–Crippen MR) is 73.8 cm³/mol. The van der Waals surface area contributed by atoms with Gasteiger partial charge >= 0.3 is 0 Å². The number of ether oxygens (including phenoxy) is 1. The van der Waals surface area contributed by atoms with E-state index in [1.165, 1.54) is 6.08 Å². The molecule has 3 nitrogen and oxygen atoms in total. The normalized spacial score (nSPS) is 37.8. The maximum Gasteiger partial charge on any atom is 0.167 e. The molecule has 0 heterocycles. The van der Waals surface area contributed by atoms with Crippen molar-refractivity contribution in [3.8, 4) is 0 Å². The van der Waals surface area contributed by atoms with Gasteiger partial charge in [-0.05, 0) is 50.7 Å². The molecule has 19 heavy (non-hydrogen) atoms. The first-order chi connectivity index (χ1) is 8.75. The van der Waals surface area contributed by atoms with E-state index in [0.717, 1.165) is 12.8 Å². The molecule has 0 aromatic heterocycles. The molecule has 1 fully saturated rings. The second kappa shape index (κ2) is 4.55. The molecular formula is C16H24O3. The number of hydrogen-bond acceptors (Lipinski definition) is 3. The van der Waals surface area contributed by atoms with E-state index < -0.39 is 5.41 Å². The highest BCUT2D eigenvalue weighted by atomic mass is 16.5. The molecule has 0 aliphatic heterocycles. The standard InChI is InChI=1S/C16H24O3/c1-6-19-12-7-8-15(3,4)13-11(17)9-10(2)14(18)16(12,13)5/h9,12-13H,6-8H2,1-5H3/t12-,13-,16-/m0/s1. The summed E-state index contributed by atoms with van der Waals surface area (Å²) in [5, 5.41) is 0. The third-order valence-corrected chi connectivity index (χ3v) is 4.96. The van der Waals surface area contributed by atoms with Gasteiger partial charge in [0, 0.05) is 12.5 Å². The van der Waals surface area contributed by atoms with Crippen molar-refractivity contribution in [1.82, 2.24) is 0 Å². The van der Waals surface area contributed by atoms with Crippen LogP contribution in [0.1, 0.15) is 47.5 Å². The average molecular weight is 264 g/mol. The lowest BCUT2D eigenvalue weighted by Gasteiger charge is -2.54. The van der Waals surface area contributed by atoms with Crippen molar-refractivity contribution >= 4 is 11.6 Å². The zero-order valence-corrected chi connectivity index (χ0v) is 12.6. The summed E-state index contributed by atoms with van der Waals surface area (Å²) in [6.07, 6.45) is 3.16. The Labute approximate surface area is 115 Å². The van der Waals surface area contributed by atoms with E-state index in [9.17, 15) is 9.59 Å². The number of allylic oxidation sites excluding steroid dienone is 2. The van der Waals surface area contributed by atoms with Crippen LogP contribution in [-0.4, -0.2) is 24.3 Å². The number of hydrogen-bond donors (Lipinski definition) is 0. The second-order valence-electron chi connectivity index (χ2n) is 6.75. The summed E-state index contributed by atoms with van der Waals surface area (Å²) in [5.41, 5.74) is -0.272. The number of carbonyl (C=O) groups is 2. The Balaban J connectivity index is 2.55. The van der Waals surface area contributed by atoms with E-state index in [0.29, 0.717) is 12.2 Å². The fourth-order valence-corrected chi connectivity index (χ4v) is 4.15. The lowest BCUT2D eigenvalue weighted by molar-refractivity contribution is -0.167. The third-order valence-electron chi connectivity index (χ3n) is 4.96. The maximum atomic E-state index is 12.7. The monoisotopic (exact) mass is 264 g/mol. The Morgan fingerprint density at radius 3 is 2.53 bits per heavy atom. The molecule has 2 aliphatic rings. The van der Waals surface area contributed by atoms with Crippen molar-refractivity contribution in [3.63, 3.8) is 0 Å². The van der Waals surface area contributed by atoms with E-state index in [-0.39, 0.29) is 29.0 Å². The zero-order valence-electron chi connectivity index (χ0n) is 12.6. The first-order valence-electron chi connectivity index (χ1n) is 7.13. The Kier molecular flexibility index (Phi) is 3.46. The van der Waals surface area contributed by atoms with Crippen LogP contribution in [0, 0.1) is 16.7 Å². The van der Waals surface area contributed by atoms with E-state index in [1.54, 1.807) is 6.92 Å². The molecule has 0 amide bonds. The quantitative estimate of drug-likeness (QED) is 0.770. The van der Waals surface area contributed by atoms with Crippen molar-refractivity contribution in [3.05, 3.63) is 11.6 Å². The van der Waals surface area contributed by atoms with Crippen LogP contribution in [0.15, 0.2) is 11.6 Å². The molecule has 1 saturated carbocycles. The average Bonchev–Trinajstić information content (AvgIpc) is 2.30. The molecule has 0 radical (unpaired) electrons. The molecule has 0 bridgehead atoms. The van der Waals surface area contributed by atoms with Gasteiger partial charge in [-0.1, -0.05) is 13.8 Å². The number of ketones is 2. The number of carbonyl (C=O) groups excluding carboxylic acids is 2. The molecule has 0 N–H and O–H groups in total. The van der Waals surface area contributed by atoms with Gasteiger partial charge in [0.2, 0.25) is 0 Å². The molecule has 3 heteroatoms. The van der Waals surface area contributed by atoms with Crippen molar-refractivity contribution in [2.24, 2.45) is 16.7 Å². The minimum Gasteiger partial charge on any atom is -0.377 e. The zero-order chi connectivity index (χ0) is 14.4. The molecule has 0 aromatic rings. The minimum absolute atomic E-state index is 0.0864. The fourth-order valence-electron chi connectivity index (χ4n) is 4.15. The summed E-state index contributed by atoms with van der Waals surface area (Å²) in [6, 6.07) is 0. The summed E-state index contributed by atoms with van der Waals surface area (Å²) in [4.78, 5) is 25.2. The number of rotatable bonds is 2. The van der Waals surface area contributed by atoms with Gasteiger partial charge in [-0.2, -0.15) is 0 Å². The molecule has 3 atom stereocenters. The molecule has 0 spiro atoms. The SMILES string of the molecule is CCO[C@H]1CCC(C)(C)[C@@H]2C(=O)C=C(C)C(=O)[C@@]12C. The van der Waals surface area contributed by atoms with Crippen molar-refractivity contribution in [2.45, 2.75) is 53.6 Å². The van der Waals surface area contributed by atoms with Gasteiger partial charge < -0.3 is 4.74 Å². The molecule has 2 rings (SSSR count). The molecule has 0 unspecified atom stereocenters. The van der Waals surface area contributed by atoms with Crippen LogP contribution in [0.25, 0.3) is 0 Å². The highest BCUT2D eigenvalue weighted by molar-refractivity contribution is 6.13. The summed E-state index contributed by atoms with van der Waals surface area (Å²) < 4.78 is 5.82. The van der Waals surface area contributed by atoms with Gasteiger partial charge in [0.1, 0.15) is 0 Å². The molecule has 0 saturated heterocycles. The van der Waals surface area contributed by atoms with Gasteiger partial charge in [-0.15, -0.1) is 0 Å². The van der Waals surface area contributed by atoms with Crippen molar-refractivity contribution in [1.29, 1.82) is 0 Å². The molecule has 2 aliphatic carbocycles. The topological polar surface area (TPSA) is 43.4 Å². The smallest absolute Gasteiger partial charge is 0.167 e. The Morgan fingerprint density at radius 2 is 1.95 bits per heavy atom. The van der Waals surface area contributed by atoms with Gasteiger partial charge in [-0.3, -0.25) is 9.59 Å². The summed E-state index contributed by atoms with van der Waals surface area (Å²) >= 11 is 0. The Hall–Kier alpha value is -0.960. The van der Waals surface area contributed by atoms with Crippen LogP contribution in [0.4, 0.5) is 0 Å². The van der Waals surface area contributed by atoms with Crippen LogP contribution in [0.2, 0.25) is 0 Å². The highest BCUT2D eigenvalue weighted by Crippen LogP contribution is 2.55. The van der Waals surface area contributed by atoms with Crippen LogP contribution in [0.5, 0.6) is 0 Å². The van der Waals surface area contributed by atoms with Crippen LogP contribution < -0.4 is 0 Å². The summed E-state index contributed by atoms with van der Waals surface area (Å²) in [6.45, 7) is 10.4. The number of fused-ring (bicyclic) bond motifs is 1. The second-order valence-corrected chi connectivity index (χ2v) is 6.75. The first kappa shape index (κ1) is 14.4. The van der Waals surface area contributed by atoms with E-state index in [4.69, 9.17) is 4.74 Å².